The van der Waals surface area contributed by atoms with E-state index < -0.39 is 0 Å². The lowest BCUT2D eigenvalue weighted by atomic mass is 10.0. The van der Waals surface area contributed by atoms with Crippen LogP contribution in [-0.2, 0) is 11.4 Å². The molecule has 1 aromatic heterocycles. The van der Waals surface area contributed by atoms with Crippen molar-refractivity contribution in [1.82, 2.24) is 15.1 Å². The minimum absolute atomic E-state index is 0.132. The fraction of sp³-hybridized carbons (Fsp3) is 0.500. The molecule has 0 saturated carbocycles. The number of amides is 1. The summed E-state index contributed by atoms with van der Waals surface area (Å²) in [4.78, 5) is 14.2. The highest BCUT2D eigenvalue weighted by molar-refractivity contribution is 7.99. The van der Waals surface area contributed by atoms with Gasteiger partial charge in [-0.25, -0.2) is 0 Å². The molecule has 7 heteroatoms. The van der Waals surface area contributed by atoms with Crippen LogP contribution >= 0.6 is 11.8 Å². The summed E-state index contributed by atoms with van der Waals surface area (Å²) in [7, 11) is 0. The van der Waals surface area contributed by atoms with Gasteiger partial charge in [0, 0.05) is 13.1 Å². The van der Waals surface area contributed by atoms with E-state index in [9.17, 15) is 4.79 Å². The summed E-state index contributed by atoms with van der Waals surface area (Å²) in [6, 6.07) is 7.78. The maximum atomic E-state index is 12.3. The molecule has 0 radical (unpaired) electrons. The highest BCUT2D eigenvalue weighted by Crippen LogP contribution is 2.21. The van der Waals surface area contributed by atoms with E-state index >= 15 is 0 Å². The third-order valence-electron chi connectivity index (χ3n) is 4.13. The van der Waals surface area contributed by atoms with E-state index in [0.717, 1.165) is 30.8 Å². The van der Waals surface area contributed by atoms with Crippen molar-refractivity contribution in [3.8, 4) is 5.75 Å². The summed E-state index contributed by atoms with van der Waals surface area (Å²) in [6.07, 6.45) is 2.28. The molecule has 0 N–H and O–H groups in total. The molecule has 6 nitrogen and oxygen atoms in total. The van der Waals surface area contributed by atoms with Crippen LogP contribution in [-0.4, -0.2) is 39.8 Å². The van der Waals surface area contributed by atoms with Crippen molar-refractivity contribution in [1.29, 1.82) is 0 Å². The predicted octanol–water partition coefficient (Wildman–Crippen LogP) is 3.31. The number of thioether (sulfide) groups is 1. The van der Waals surface area contributed by atoms with Gasteiger partial charge in [-0.2, -0.15) is 0 Å². The average Bonchev–Trinajstić information content (AvgIpc) is 3.06. The van der Waals surface area contributed by atoms with Crippen LogP contribution in [0.15, 0.2) is 33.9 Å². The van der Waals surface area contributed by atoms with E-state index in [4.69, 9.17) is 9.15 Å². The molecule has 1 amide bonds. The molecule has 0 spiro atoms. The number of rotatable bonds is 6. The molecule has 1 saturated heterocycles. The van der Waals surface area contributed by atoms with Crippen molar-refractivity contribution in [2.24, 2.45) is 5.92 Å². The second-order valence-electron chi connectivity index (χ2n) is 6.44. The summed E-state index contributed by atoms with van der Waals surface area (Å²) < 4.78 is 11.2. The van der Waals surface area contributed by atoms with E-state index in [2.05, 4.69) is 17.1 Å². The Hall–Kier alpha value is -2.02. The standard InChI is InChI=1S/C18H23N3O3S/c1-13-5-3-7-15(9-13)23-11-16-19-20-18(24-16)25-12-17(22)21-8-4-6-14(2)10-21/h3,5,7,9,14H,4,6,8,10-12H2,1-2H3. The van der Waals surface area contributed by atoms with Crippen LogP contribution in [0, 0.1) is 12.8 Å². The van der Waals surface area contributed by atoms with Crippen LogP contribution in [0.2, 0.25) is 0 Å². The average molecular weight is 361 g/mol. The topological polar surface area (TPSA) is 68.5 Å². The maximum absolute atomic E-state index is 12.3. The van der Waals surface area contributed by atoms with Crippen LogP contribution < -0.4 is 4.74 Å². The molecule has 25 heavy (non-hydrogen) atoms. The highest BCUT2D eigenvalue weighted by Gasteiger charge is 2.21. The monoisotopic (exact) mass is 361 g/mol. The van der Waals surface area contributed by atoms with Crippen molar-refractivity contribution in [2.45, 2.75) is 38.5 Å². The van der Waals surface area contributed by atoms with Gasteiger partial charge in [0.25, 0.3) is 11.1 Å². The molecule has 3 rings (SSSR count). The molecule has 1 unspecified atom stereocenters. The summed E-state index contributed by atoms with van der Waals surface area (Å²) in [5.41, 5.74) is 1.13. The SMILES string of the molecule is Cc1cccc(OCc2nnc(SCC(=O)N3CCCC(C)C3)o2)c1. The quantitative estimate of drug-likeness (QED) is 0.735. The lowest BCUT2D eigenvalue weighted by Gasteiger charge is -2.30. The van der Waals surface area contributed by atoms with Crippen LogP contribution in [0.5, 0.6) is 5.75 Å². The Balaban J connectivity index is 1.46. The minimum atomic E-state index is 0.132. The predicted molar refractivity (Wildman–Crippen MR) is 95.5 cm³/mol. The number of piperidine rings is 1. The molecule has 1 fully saturated rings. The molecular formula is C18H23N3O3S. The molecule has 134 valence electrons. The number of aryl methyl sites for hydroxylation is 1. The van der Waals surface area contributed by atoms with E-state index in [-0.39, 0.29) is 12.5 Å². The number of hydrogen-bond donors (Lipinski definition) is 0. The van der Waals surface area contributed by atoms with Gasteiger partial charge in [0.05, 0.1) is 5.75 Å². The zero-order valence-corrected chi connectivity index (χ0v) is 15.4. The molecule has 0 bridgehead atoms. The highest BCUT2D eigenvalue weighted by atomic mass is 32.2. The first-order chi connectivity index (χ1) is 12.1. The second kappa shape index (κ2) is 8.38. The number of likely N-dealkylation sites (tertiary alicyclic amines) is 1. The molecule has 1 aliphatic heterocycles. The van der Waals surface area contributed by atoms with E-state index in [1.165, 1.54) is 18.2 Å². The van der Waals surface area contributed by atoms with Crippen LogP contribution in [0.1, 0.15) is 31.2 Å². The van der Waals surface area contributed by atoms with Gasteiger partial charge < -0.3 is 14.1 Å². The smallest absolute Gasteiger partial charge is 0.277 e. The van der Waals surface area contributed by atoms with Gasteiger partial charge in [0.15, 0.2) is 6.61 Å². The van der Waals surface area contributed by atoms with Crippen LogP contribution in [0.25, 0.3) is 0 Å². The summed E-state index contributed by atoms with van der Waals surface area (Å²) in [6.45, 7) is 6.11. The van der Waals surface area contributed by atoms with Crippen molar-refractivity contribution in [2.75, 3.05) is 18.8 Å². The first-order valence-electron chi connectivity index (χ1n) is 8.52. The fourth-order valence-electron chi connectivity index (χ4n) is 2.84. The van der Waals surface area contributed by atoms with E-state index in [1.54, 1.807) is 0 Å². The molecule has 1 aliphatic rings. The molecule has 2 heterocycles. The lowest BCUT2D eigenvalue weighted by molar-refractivity contribution is -0.130. The van der Waals surface area contributed by atoms with Gasteiger partial charge >= 0.3 is 0 Å². The maximum Gasteiger partial charge on any atom is 0.277 e. The zero-order valence-electron chi connectivity index (χ0n) is 14.6. The lowest BCUT2D eigenvalue weighted by Crippen LogP contribution is -2.40. The first kappa shape index (κ1) is 17.8. The molecular weight excluding hydrogens is 338 g/mol. The van der Waals surface area contributed by atoms with Gasteiger partial charge in [-0.3, -0.25) is 4.79 Å². The van der Waals surface area contributed by atoms with Crippen molar-refractivity contribution < 1.29 is 13.9 Å². The summed E-state index contributed by atoms with van der Waals surface area (Å²) in [5, 5.41) is 8.35. The van der Waals surface area contributed by atoms with Gasteiger partial charge in [-0.1, -0.05) is 30.8 Å². The number of nitrogens with zero attached hydrogens (tertiary/aromatic N) is 3. The number of carbonyl (C=O) groups is 1. The minimum Gasteiger partial charge on any atom is -0.484 e. The number of benzene rings is 1. The number of hydrogen-bond acceptors (Lipinski definition) is 6. The molecule has 1 atom stereocenters. The third kappa shape index (κ3) is 5.22. The first-order valence-corrected chi connectivity index (χ1v) is 9.51. The normalized spacial score (nSPS) is 17.5. The summed E-state index contributed by atoms with van der Waals surface area (Å²) >= 11 is 1.28. The van der Waals surface area contributed by atoms with Crippen LogP contribution in [0.4, 0.5) is 0 Å². The largest absolute Gasteiger partial charge is 0.484 e. The second-order valence-corrected chi connectivity index (χ2v) is 7.37. The van der Waals surface area contributed by atoms with Gasteiger partial charge in [0.1, 0.15) is 5.75 Å². The van der Waals surface area contributed by atoms with E-state index in [0.29, 0.717) is 22.8 Å². The Bertz CT molecular complexity index is 719. The fourth-order valence-corrected chi connectivity index (χ4v) is 3.52. The Morgan fingerprint density at radius 2 is 2.32 bits per heavy atom. The number of aromatic nitrogens is 2. The van der Waals surface area contributed by atoms with Crippen LogP contribution in [0.3, 0.4) is 0 Å². The zero-order chi connectivity index (χ0) is 17.6. The Morgan fingerprint density at radius 3 is 3.12 bits per heavy atom. The molecule has 0 aliphatic carbocycles. The molecule has 1 aromatic carbocycles. The Kier molecular flexibility index (Phi) is 5.96. The van der Waals surface area contributed by atoms with Gasteiger partial charge in [0.2, 0.25) is 5.91 Å². The van der Waals surface area contributed by atoms with Gasteiger partial charge in [-0.15, -0.1) is 10.2 Å². The third-order valence-corrected chi connectivity index (χ3v) is 4.93. The Labute approximate surface area is 151 Å². The van der Waals surface area contributed by atoms with Gasteiger partial charge in [-0.05, 0) is 43.4 Å². The van der Waals surface area contributed by atoms with Crippen molar-refractivity contribution in [3.63, 3.8) is 0 Å². The van der Waals surface area contributed by atoms with E-state index in [1.807, 2.05) is 36.1 Å². The number of carbonyl (C=O) groups excluding carboxylic acids is 1. The van der Waals surface area contributed by atoms with Crippen molar-refractivity contribution in [3.05, 3.63) is 35.7 Å². The number of ether oxygens (including phenoxy) is 1. The Morgan fingerprint density at radius 1 is 1.44 bits per heavy atom. The summed E-state index contributed by atoms with van der Waals surface area (Å²) in [5.74, 6) is 2.21. The van der Waals surface area contributed by atoms with Crippen molar-refractivity contribution >= 4 is 17.7 Å². The molecule has 2 aromatic rings.